The van der Waals surface area contributed by atoms with Gasteiger partial charge >= 0.3 is 5.97 Å². The SMILES string of the molecule is CCOC(=O)[C@@](F)(CCc1ccccc1)[C@@H](NS(=O)C(C)(C)C)c1ccccc1. The van der Waals surface area contributed by atoms with Crippen molar-refractivity contribution in [3.8, 4) is 0 Å². The molecule has 0 aliphatic rings. The van der Waals surface area contributed by atoms with Crippen LogP contribution in [-0.4, -0.2) is 27.2 Å². The molecule has 0 aliphatic carbocycles. The lowest BCUT2D eigenvalue weighted by atomic mass is 9.85. The summed E-state index contributed by atoms with van der Waals surface area (Å²) in [5.41, 5.74) is -0.912. The molecule has 0 saturated carbocycles. The van der Waals surface area contributed by atoms with Crippen molar-refractivity contribution in [1.82, 2.24) is 4.72 Å². The van der Waals surface area contributed by atoms with E-state index < -0.39 is 33.4 Å². The van der Waals surface area contributed by atoms with Gasteiger partial charge in [-0.15, -0.1) is 0 Å². The first-order valence-corrected chi connectivity index (χ1v) is 11.0. The lowest BCUT2D eigenvalue weighted by molar-refractivity contribution is -0.160. The molecule has 4 nitrogen and oxygen atoms in total. The highest BCUT2D eigenvalue weighted by atomic mass is 32.2. The highest BCUT2D eigenvalue weighted by Gasteiger charge is 2.49. The zero-order chi connectivity index (χ0) is 21.5. The minimum atomic E-state index is -2.38. The van der Waals surface area contributed by atoms with E-state index in [2.05, 4.69) is 4.72 Å². The maximum Gasteiger partial charge on any atom is 0.345 e. The molecule has 158 valence electrons. The number of carbonyl (C=O) groups is 1. The number of halogens is 1. The zero-order valence-electron chi connectivity index (χ0n) is 17.5. The predicted octanol–water partition coefficient (Wildman–Crippen LogP) is 4.68. The van der Waals surface area contributed by atoms with Gasteiger partial charge in [0.2, 0.25) is 5.67 Å². The lowest BCUT2D eigenvalue weighted by Crippen LogP contribution is -2.50. The summed E-state index contributed by atoms with van der Waals surface area (Å²) in [4.78, 5) is 12.8. The second kappa shape index (κ2) is 10.1. The molecule has 0 aliphatic heterocycles. The molecule has 29 heavy (non-hydrogen) atoms. The monoisotopic (exact) mass is 419 g/mol. The van der Waals surface area contributed by atoms with Gasteiger partial charge in [-0.25, -0.2) is 18.1 Å². The molecular formula is C23H30FNO3S. The Labute approximate surface area is 175 Å². The van der Waals surface area contributed by atoms with E-state index in [1.54, 1.807) is 52.0 Å². The summed E-state index contributed by atoms with van der Waals surface area (Å²) in [6.45, 7) is 7.11. The quantitative estimate of drug-likeness (QED) is 0.600. The summed E-state index contributed by atoms with van der Waals surface area (Å²) in [5.74, 6) is -0.941. The second-order valence-electron chi connectivity index (χ2n) is 7.91. The molecule has 2 aromatic rings. The van der Waals surface area contributed by atoms with Gasteiger partial charge in [0.1, 0.15) is 0 Å². The van der Waals surface area contributed by atoms with Crippen LogP contribution in [0.2, 0.25) is 0 Å². The van der Waals surface area contributed by atoms with Crippen molar-refractivity contribution in [2.24, 2.45) is 0 Å². The molecule has 0 saturated heterocycles. The van der Waals surface area contributed by atoms with Gasteiger partial charge in [-0.05, 0) is 51.7 Å². The maximum absolute atomic E-state index is 16.5. The molecule has 0 spiro atoms. The number of rotatable bonds is 9. The second-order valence-corrected chi connectivity index (χ2v) is 9.91. The van der Waals surface area contributed by atoms with Crippen molar-refractivity contribution < 1.29 is 18.1 Å². The van der Waals surface area contributed by atoms with Crippen LogP contribution in [0.5, 0.6) is 0 Å². The molecule has 3 atom stereocenters. The Morgan fingerprint density at radius 2 is 1.62 bits per heavy atom. The Bertz CT molecular complexity index is 808. The standard InChI is InChI=1S/C23H30FNO3S/c1-5-28-21(26)23(24,17-16-18-12-8-6-9-13-18)20(19-14-10-7-11-15-19)25-29(27)22(2,3)4/h6-15,20,25H,5,16-17H2,1-4H3/t20-,23+,29?/m0/s1. The van der Waals surface area contributed by atoms with Gasteiger partial charge in [-0.1, -0.05) is 60.7 Å². The number of benzene rings is 2. The van der Waals surface area contributed by atoms with Gasteiger partial charge in [-0.3, -0.25) is 0 Å². The van der Waals surface area contributed by atoms with Gasteiger partial charge in [0.05, 0.1) is 28.4 Å². The van der Waals surface area contributed by atoms with E-state index in [1.165, 1.54) is 0 Å². The number of ether oxygens (including phenoxy) is 1. The van der Waals surface area contributed by atoms with E-state index in [4.69, 9.17) is 4.74 Å². The first-order chi connectivity index (χ1) is 13.7. The Hall–Kier alpha value is -2.05. The summed E-state index contributed by atoms with van der Waals surface area (Å²) in [6, 6.07) is 17.1. The Morgan fingerprint density at radius 3 is 2.14 bits per heavy atom. The summed E-state index contributed by atoms with van der Waals surface area (Å²) in [7, 11) is -1.58. The molecule has 0 heterocycles. The minimum absolute atomic E-state index is 0.0692. The molecule has 0 fully saturated rings. The Morgan fingerprint density at radius 1 is 1.07 bits per heavy atom. The van der Waals surface area contributed by atoms with Crippen LogP contribution < -0.4 is 4.72 Å². The largest absolute Gasteiger partial charge is 0.464 e. The van der Waals surface area contributed by atoms with Crippen LogP contribution in [0.1, 0.15) is 51.3 Å². The third-order valence-electron chi connectivity index (χ3n) is 4.61. The number of esters is 1. The van der Waals surface area contributed by atoms with E-state index in [-0.39, 0.29) is 13.0 Å². The number of carbonyl (C=O) groups excluding carboxylic acids is 1. The van der Waals surface area contributed by atoms with Crippen LogP contribution in [0.25, 0.3) is 0 Å². The number of hydrogen-bond acceptors (Lipinski definition) is 3. The summed E-state index contributed by atoms with van der Waals surface area (Å²) < 4.78 is 36.7. The van der Waals surface area contributed by atoms with Crippen LogP contribution in [0, 0.1) is 0 Å². The zero-order valence-corrected chi connectivity index (χ0v) is 18.3. The summed E-state index contributed by atoms with van der Waals surface area (Å²) in [5, 5.41) is 0. The van der Waals surface area contributed by atoms with E-state index in [9.17, 15) is 9.00 Å². The third-order valence-corrected chi connectivity index (χ3v) is 6.17. The fourth-order valence-corrected chi connectivity index (χ4v) is 3.83. The fourth-order valence-electron chi connectivity index (χ4n) is 2.94. The number of nitrogens with one attached hydrogen (secondary N) is 1. The summed E-state index contributed by atoms with van der Waals surface area (Å²) >= 11 is 0. The average molecular weight is 420 g/mol. The van der Waals surface area contributed by atoms with Crippen LogP contribution >= 0.6 is 0 Å². The van der Waals surface area contributed by atoms with Gasteiger partial charge in [0, 0.05) is 0 Å². The molecule has 1 N–H and O–H groups in total. The van der Waals surface area contributed by atoms with Gasteiger partial charge in [-0.2, -0.15) is 0 Å². The Kier molecular flexibility index (Phi) is 8.11. The minimum Gasteiger partial charge on any atom is -0.464 e. The predicted molar refractivity (Wildman–Crippen MR) is 115 cm³/mol. The van der Waals surface area contributed by atoms with Crippen LogP contribution in [0.15, 0.2) is 60.7 Å². The number of aryl methyl sites for hydroxylation is 1. The van der Waals surface area contributed by atoms with Crippen molar-refractivity contribution in [3.05, 3.63) is 71.8 Å². The highest BCUT2D eigenvalue weighted by molar-refractivity contribution is 7.84. The van der Waals surface area contributed by atoms with Crippen molar-refractivity contribution in [2.45, 2.75) is 57.0 Å². The van der Waals surface area contributed by atoms with Gasteiger partial charge in [0.25, 0.3) is 0 Å². The van der Waals surface area contributed by atoms with Crippen molar-refractivity contribution >= 4 is 17.0 Å². The fraction of sp³-hybridized carbons (Fsp3) is 0.435. The Balaban J connectivity index is 2.44. The highest BCUT2D eigenvalue weighted by Crippen LogP contribution is 2.36. The smallest absolute Gasteiger partial charge is 0.345 e. The molecule has 0 bridgehead atoms. The summed E-state index contributed by atoms with van der Waals surface area (Å²) in [6.07, 6.45) is 0.257. The van der Waals surface area contributed by atoms with Crippen LogP contribution in [0.4, 0.5) is 4.39 Å². The van der Waals surface area contributed by atoms with Crippen LogP contribution in [0.3, 0.4) is 0 Å². The lowest BCUT2D eigenvalue weighted by Gasteiger charge is -2.34. The average Bonchev–Trinajstić information content (AvgIpc) is 2.71. The van der Waals surface area contributed by atoms with E-state index in [0.717, 1.165) is 5.56 Å². The van der Waals surface area contributed by atoms with Crippen molar-refractivity contribution in [1.29, 1.82) is 0 Å². The molecule has 0 aromatic heterocycles. The van der Waals surface area contributed by atoms with Crippen molar-refractivity contribution in [2.75, 3.05) is 6.61 Å². The van der Waals surface area contributed by atoms with Crippen molar-refractivity contribution in [3.63, 3.8) is 0 Å². The molecular weight excluding hydrogens is 389 g/mol. The first kappa shape index (κ1) is 23.2. The van der Waals surface area contributed by atoms with Crippen LogP contribution in [-0.2, 0) is 26.9 Å². The van der Waals surface area contributed by atoms with E-state index in [0.29, 0.717) is 12.0 Å². The third kappa shape index (κ3) is 6.21. The molecule has 0 amide bonds. The van der Waals surface area contributed by atoms with E-state index in [1.807, 2.05) is 36.4 Å². The molecule has 2 aromatic carbocycles. The molecule has 2 rings (SSSR count). The number of alkyl halides is 1. The molecule has 0 radical (unpaired) electrons. The van der Waals surface area contributed by atoms with Gasteiger partial charge < -0.3 is 4.74 Å². The molecule has 6 heteroatoms. The normalized spacial score (nSPS) is 15.9. The molecule has 1 unspecified atom stereocenters. The van der Waals surface area contributed by atoms with Gasteiger partial charge in [0.15, 0.2) is 0 Å². The topological polar surface area (TPSA) is 55.4 Å². The number of hydrogen-bond donors (Lipinski definition) is 1. The first-order valence-electron chi connectivity index (χ1n) is 9.81. The maximum atomic E-state index is 16.5. The van der Waals surface area contributed by atoms with E-state index >= 15 is 4.39 Å².